The van der Waals surface area contributed by atoms with E-state index in [1.165, 1.54) is 0 Å². The molecule has 0 spiro atoms. The fraction of sp³-hybridized carbons (Fsp3) is 0.385. The summed E-state index contributed by atoms with van der Waals surface area (Å²) in [5, 5.41) is 5.73. The number of amides is 2. The Morgan fingerprint density at radius 3 is 2.55 bits per heavy atom. The number of carbonyl (C=O) groups excluding carboxylic acids is 2. The van der Waals surface area contributed by atoms with E-state index in [9.17, 15) is 9.59 Å². The van der Waals surface area contributed by atoms with Crippen LogP contribution in [0.4, 0.5) is 0 Å². The Morgan fingerprint density at radius 1 is 1.15 bits per heavy atom. The van der Waals surface area contributed by atoms with Gasteiger partial charge in [-0.15, -0.1) is 0 Å². The van der Waals surface area contributed by atoms with Crippen LogP contribution < -0.4 is 26.8 Å². The van der Waals surface area contributed by atoms with Gasteiger partial charge < -0.3 is 26.8 Å². The number of carbonyl (C=O) groups is 2. The first kappa shape index (κ1) is 26.1. The SMILES string of the molecule is Cc1cccc([C@H](C)[C@H](NC(=O)C(C)(C)N)C(=O)NC/C=C/c2ccccc2OCCN)c1. The summed E-state index contributed by atoms with van der Waals surface area (Å²) in [5.41, 5.74) is 13.3. The van der Waals surface area contributed by atoms with Crippen molar-refractivity contribution in [3.63, 3.8) is 0 Å². The van der Waals surface area contributed by atoms with E-state index < -0.39 is 11.6 Å². The van der Waals surface area contributed by atoms with Gasteiger partial charge in [0.05, 0.1) is 5.54 Å². The predicted octanol–water partition coefficient (Wildman–Crippen LogP) is 2.49. The largest absolute Gasteiger partial charge is 0.492 e. The molecule has 0 aliphatic carbocycles. The number of hydrogen-bond donors (Lipinski definition) is 4. The van der Waals surface area contributed by atoms with Crippen molar-refractivity contribution in [2.24, 2.45) is 11.5 Å². The van der Waals surface area contributed by atoms with Crippen LogP contribution >= 0.6 is 0 Å². The molecule has 7 nitrogen and oxygen atoms in total. The Kier molecular flexibility index (Phi) is 9.63. The zero-order chi connectivity index (χ0) is 24.4. The van der Waals surface area contributed by atoms with Crippen LogP contribution in [0.5, 0.6) is 5.75 Å². The van der Waals surface area contributed by atoms with Gasteiger partial charge in [0.1, 0.15) is 18.4 Å². The highest BCUT2D eigenvalue weighted by Gasteiger charge is 2.32. The lowest BCUT2D eigenvalue weighted by Gasteiger charge is -2.28. The minimum atomic E-state index is -1.10. The summed E-state index contributed by atoms with van der Waals surface area (Å²) in [6.07, 6.45) is 3.72. The van der Waals surface area contributed by atoms with Gasteiger partial charge in [-0.05, 0) is 32.4 Å². The van der Waals surface area contributed by atoms with Gasteiger partial charge >= 0.3 is 0 Å². The summed E-state index contributed by atoms with van der Waals surface area (Å²) < 4.78 is 5.65. The van der Waals surface area contributed by atoms with Gasteiger partial charge in [0.2, 0.25) is 11.8 Å². The van der Waals surface area contributed by atoms with Crippen molar-refractivity contribution in [3.05, 3.63) is 71.3 Å². The van der Waals surface area contributed by atoms with Crippen molar-refractivity contribution in [1.29, 1.82) is 0 Å². The van der Waals surface area contributed by atoms with Crippen molar-refractivity contribution in [1.82, 2.24) is 10.6 Å². The van der Waals surface area contributed by atoms with Crippen molar-refractivity contribution in [3.8, 4) is 5.75 Å². The Hall–Kier alpha value is -3.16. The fourth-order valence-electron chi connectivity index (χ4n) is 3.26. The molecule has 2 aromatic carbocycles. The third kappa shape index (κ3) is 8.04. The zero-order valence-electron chi connectivity index (χ0n) is 19.9. The molecule has 2 amide bonds. The van der Waals surface area contributed by atoms with Crippen LogP contribution in [0.2, 0.25) is 0 Å². The van der Waals surface area contributed by atoms with Gasteiger partial charge in [-0.1, -0.05) is 67.1 Å². The van der Waals surface area contributed by atoms with Crippen molar-refractivity contribution in [2.75, 3.05) is 19.7 Å². The molecule has 0 unspecified atom stereocenters. The highest BCUT2D eigenvalue weighted by molar-refractivity contribution is 5.92. The van der Waals surface area contributed by atoms with E-state index in [2.05, 4.69) is 10.6 Å². The third-order valence-corrected chi connectivity index (χ3v) is 5.21. The molecule has 0 heterocycles. The van der Waals surface area contributed by atoms with Crippen molar-refractivity contribution in [2.45, 2.75) is 45.2 Å². The maximum atomic E-state index is 13.1. The number of nitrogens with one attached hydrogen (secondary N) is 2. The smallest absolute Gasteiger partial charge is 0.243 e. The van der Waals surface area contributed by atoms with E-state index in [0.717, 1.165) is 22.4 Å². The quantitative estimate of drug-likeness (QED) is 0.418. The number of nitrogens with two attached hydrogens (primary N) is 2. The summed E-state index contributed by atoms with van der Waals surface area (Å²) in [6, 6.07) is 14.7. The molecular formula is C26H36N4O3. The predicted molar refractivity (Wildman–Crippen MR) is 133 cm³/mol. The maximum Gasteiger partial charge on any atom is 0.243 e. The summed E-state index contributed by atoms with van der Waals surface area (Å²) in [5.74, 6) is -0.179. The number of aryl methyl sites for hydroxylation is 1. The van der Waals surface area contributed by atoms with Crippen LogP contribution in [-0.4, -0.2) is 43.1 Å². The topological polar surface area (TPSA) is 119 Å². The second-order valence-corrected chi connectivity index (χ2v) is 8.70. The minimum absolute atomic E-state index is 0.245. The van der Waals surface area contributed by atoms with Gasteiger partial charge in [-0.2, -0.15) is 0 Å². The average molecular weight is 453 g/mol. The second kappa shape index (κ2) is 12.2. The lowest BCUT2D eigenvalue weighted by atomic mass is 9.90. The molecular weight excluding hydrogens is 416 g/mol. The minimum Gasteiger partial charge on any atom is -0.492 e. The molecule has 0 radical (unpaired) electrons. The standard InChI is InChI=1S/C26H36N4O3/c1-18-9-7-11-21(17-18)19(2)23(30-25(32)26(3,4)28)24(31)29-15-8-12-20-10-5-6-13-22(20)33-16-14-27/h5-13,17,19,23H,14-16,27-28H2,1-4H3,(H,29,31)(H,30,32)/b12-8+/t19-,23-/m0/s1. The van der Waals surface area contributed by atoms with Gasteiger partial charge in [0.25, 0.3) is 0 Å². The Balaban J connectivity index is 2.11. The van der Waals surface area contributed by atoms with E-state index in [-0.39, 0.29) is 17.7 Å². The van der Waals surface area contributed by atoms with E-state index in [0.29, 0.717) is 19.7 Å². The van der Waals surface area contributed by atoms with Crippen molar-refractivity contribution < 1.29 is 14.3 Å². The molecule has 0 bridgehead atoms. The van der Waals surface area contributed by atoms with Crippen molar-refractivity contribution >= 4 is 17.9 Å². The first-order chi connectivity index (χ1) is 15.6. The van der Waals surface area contributed by atoms with Crippen LogP contribution in [0.3, 0.4) is 0 Å². The Morgan fingerprint density at radius 2 is 1.88 bits per heavy atom. The van der Waals surface area contributed by atoms with Crippen LogP contribution in [-0.2, 0) is 9.59 Å². The first-order valence-corrected chi connectivity index (χ1v) is 11.2. The van der Waals surface area contributed by atoms with E-state index >= 15 is 0 Å². The first-order valence-electron chi connectivity index (χ1n) is 11.2. The summed E-state index contributed by atoms with van der Waals surface area (Å²) in [6.45, 7) is 8.29. The van der Waals surface area contributed by atoms with Crippen LogP contribution in [0.1, 0.15) is 43.4 Å². The molecule has 0 aliphatic rings. The van der Waals surface area contributed by atoms with Crippen LogP contribution in [0.15, 0.2) is 54.6 Å². The Labute approximate surface area is 196 Å². The van der Waals surface area contributed by atoms with Gasteiger partial charge in [0, 0.05) is 24.6 Å². The number of ether oxygens (including phenoxy) is 1. The van der Waals surface area contributed by atoms with Gasteiger partial charge in [-0.25, -0.2) is 0 Å². The normalized spacial score (nSPS) is 13.4. The molecule has 2 rings (SSSR count). The highest BCUT2D eigenvalue weighted by atomic mass is 16.5. The third-order valence-electron chi connectivity index (χ3n) is 5.21. The van der Waals surface area contributed by atoms with E-state index in [4.69, 9.17) is 16.2 Å². The Bertz CT molecular complexity index is 966. The van der Waals surface area contributed by atoms with Gasteiger partial charge in [-0.3, -0.25) is 9.59 Å². The molecule has 33 heavy (non-hydrogen) atoms. The lowest BCUT2D eigenvalue weighted by molar-refractivity contribution is -0.131. The summed E-state index contributed by atoms with van der Waals surface area (Å²) in [7, 11) is 0. The summed E-state index contributed by atoms with van der Waals surface area (Å²) in [4.78, 5) is 25.7. The molecule has 7 heteroatoms. The molecule has 6 N–H and O–H groups in total. The van der Waals surface area contributed by atoms with E-state index in [1.807, 2.05) is 74.5 Å². The fourth-order valence-corrected chi connectivity index (χ4v) is 3.26. The highest BCUT2D eigenvalue weighted by Crippen LogP contribution is 2.22. The lowest BCUT2D eigenvalue weighted by Crippen LogP contribution is -2.57. The zero-order valence-corrected chi connectivity index (χ0v) is 19.9. The number of hydrogen-bond acceptors (Lipinski definition) is 5. The number of benzene rings is 2. The monoisotopic (exact) mass is 452 g/mol. The molecule has 0 aliphatic heterocycles. The number of para-hydroxylation sites is 1. The molecule has 178 valence electrons. The van der Waals surface area contributed by atoms with Gasteiger partial charge in [0.15, 0.2) is 0 Å². The van der Waals surface area contributed by atoms with Crippen LogP contribution in [0, 0.1) is 6.92 Å². The number of rotatable bonds is 11. The molecule has 0 saturated heterocycles. The van der Waals surface area contributed by atoms with E-state index in [1.54, 1.807) is 13.8 Å². The average Bonchev–Trinajstić information content (AvgIpc) is 2.78. The molecule has 0 saturated carbocycles. The summed E-state index contributed by atoms with van der Waals surface area (Å²) >= 11 is 0. The molecule has 2 aromatic rings. The molecule has 2 atom stereocenters. The maximum absolute atomic E-state index is 13.1. The molecule has 0 fully saturated rings. The second-order valence-electron chi connectivity index (χ2n) is 8.70. The van der Waals surface area contributed by atoms with Crippen LogP contribution in [0.25, 0.3) is 6.08 Å². The molecule has 0 aromatic heterocycles.